The van der Waals surface area contributed by atoms with Crippen LogP contribution < -0.4 is 43.9 Å². The fraction of sp³-hybridized carbons (Fsp3) is 0.333. The molecule has 2 unspecified atom stereocenters. The smallest absolute Gasteiger partial charge is 0.323 e. The van der Waals surface area contributed by atoms with Crippen LogP contribution in [-0.4, -0.2) is 78.5 Å². The minimum Gasteiger partial charge on any atom is -0.543 e. The number of β-lactam (4-membered cyclic amide) rings is 1. The lowest BCUT2D eigenvalue weighted by Gasteiger charge is -2.50. The van der Waals surface area contributed by atoms with Crippen molar-refractivity contribution in [2.45, 2.75) is 36.0 Å². The highest BCUT2D eigenvalue weighted by Crippen LogP contribution is 2.41. The average molecular weight is 640 g/mol. The van der Waals surface area contributed by atoms with E-state index in [4.69, 9.17) is 38.7 Å². The number of thiazole rings is 1. The third-order valence-electron chi connectivity index (χ3n) is 5.90. The van der Waals surface area contributed by atoms with E-state index in [0.717, 1.165) is 32.7 Å². The van der Waals surface area contributed by atoms with Gasteiger partial charge in [0.15, 0.2) is 16.5 Å². The Morgan fingerprint density at radius 2 is 2.05 bits per heavy atom. The van der Waals surface area contributed by atoms with Gasteiger partial charge in [0.25, 0.3) is 17.6 Å². The lowest BCUT2D eigenvalue weighted by molar-refractivity contribution is -0.667. The van der Waals surface area contributed by atoms with Crippen LogP contribution >= 0.6 is 34.9 Å². The number of carbonyl (C=O) groups is 4. The molecule has 4 heterocycles. The first-order valence-corrected chi connectivity index (χ1v) is 14.7. The molecular weight excluding hydrogens is 615 g/mol. The summed E-state index contributed by atoms with van der Waals surface area (Å²) < 4.78 is 1.01. The number of anilines is 4. The molecule has 42 heavy (non-hydrogen) atoms. The number of rotatable bonds is 11. The van der Waals surface area contributed by atoms with E-state index in [9.17, 15) is 24.3 Å². The summed E-state index contributed by atoms with van der Waals surface area (Å²) in [5.74, 6) is 1.75. The number of hydrogen-bond donors (Lipinski definition) is 7. The first-order valence-electron chi connectivity index (χ1n) is 11.8. The second-order valence-electron chi connectivity index (χ2n) is 8.86. The number of carboxylic acid groups (broad SMARTS) is 2. The van der Waals surface area contributed by atoms with Gasteiger partial charge in [0.1, 0.15) is 23.2 Å². The van der Waals surface area contributed by atoms with Crippen molar-refractivity contribution in [1.82, 2.24) is 20.2 Å². The molecular formula is C21H25N11O7S3. The highest BCUT2D eigenvalue weighted by Gasteiger charge is 2.53. The Labute approximate surface area is 249 Å². The van der Waals surface area contributed by atoms with Gasteiger partial charge in [0.2, 0.25) is 5.82 Å². The molecule has 21 heteroatoms. The Bertz CT molecular complexity index is 1530. The molecule has 12 N–H and O–H groups in total. The van der Waals surface area contributed by atoms with Crippen LogP contribution in [0, 0.1) is 0 Å². The number of nitrogens with zero attached hydrogens (tertiary/aromatic N) is 5. The quantitative estimate of drug-likeness (QED) is 0.0240. The minimum absolute atomic E-state index is 0.000367. The van der Waals surface area contributed by atoms with E-state index in [2.05, 4.69) is 20.4 Å². The zero-order chi connectivity index (χ0) is 30.9. The molecule has 1 fully saturated rings. The van der Waals surface area contributed by atoms with Crippen molar-refractivity contribution in [1.29, 1.82) is 0 Å². The van der Waals surface area contributed by atoms with Crippen LogP contribution in [0.25, 0.3) is 0 Å². The van der Waals surface area contributed by atoms with Gasteiger partial charge < -0.3 is 48.1 Å². The van der Waals surface area contributed by atoms with Crippen molar-refractivity contribution in [2.75, 3.05) is 40.3 Å². The Morgan fingerprint density at radius 1 is 1.33 bits per heavy atom. The van der Waals surface area contributed by atoms with Crippen molar-refractivity contribution in [2.24, 2.45) is 5.16 Å². The van der Waals surface area contributed by atoms with E-state index in [1.54, 1.807) is 0 Å². The van der Waals surface area contributed by atoms with Gasteiger partial charge in [-0.25, -0.2) is 4.98 Å². The Balaban J connectivity index is 1.51. The van der Waals surface area contributed by atoms with Crippen molar-refractivity contribution in [3.8, 4) is 0 Å². The number of amides is 2. The minimum atomic E-state index is -1.58. The number of carbonyl (C=O) groups excluding carboxylic acids is 3. The number of nitrogens with two attached hydrogens (primary N) is 5. The van der Waals surface area contributed by atoms with E-state index in [1.807, 2.05) is 0 Å². The molecule has 0 aliphatic carbocycles. The highest BCUT2D eigenvalue weighted by atomic mass is 32.2. The van der Waals surface area contributed by atoms with Crippen LogP contribution in [0.1, 0.15) is 19.0 Å². The molecule has 224 valence electrons. The van der Waals surface area contributed by atoms with Crippen LogP contribution in [0.5, 0.6) is 0 Å². The van der Waals surface area contributed by atoms with Crippen molar-refractivity contribution >= 4 is 86.8 Å². The summed E-state index contributed by atoms with van der Waals surface area (Å²) >= 11 is 3.26. The first-order chi connectivity index (χ1) is 19.8. The summed E-state index contributed by atoms with van der Waals surface area (Å²) in [5.41, 5.74) is 22.7. The molecule has 18 nitrogen and oxygen atoms in total. The maximum Gasteiger partial charge on any atom is 0.323 e. The molecule has 2 aliphatic heterocycles. The number of aromatic nitrogens is 3. The molecule has 0 aromatic carbocycles. The summed E-state index contributed by atoms with van der Waals surface area (Å²) in [5, 5.41) is 28.3. The fourth-order valence-electron chi connectivity index (χ4n) is 3.85. The number of carboxylic acids is 2. The molecule has 2 aromatic rings. The molecule has 0 bridgehead atoms. The van der Waals surface area contributed by atoms with Gasteiger partial charge in [-0.05, 0) is 24.3 Å². The monoisotopic (exact) mass is 639 g/mol. The second kappa shape index (κ2) is 12.2. The molecule has 1 saturated heterocycles. The topological polar surface area (TPSA) is 308 Å². The molecule has 4 rings (SSSR count). The van der Waals surface area contributed by atoms with E-state index in [-0.39, 0.29) is 62.6 Å². The molecule has 2 aliphatic rings. The maximum atomic E-state index is 13.2. The molecule has 3 atom stereocenters. The lowest BCUT2D eigenvalue weighted by atomic mass is 10.0. The number of nitrogens with one attached hydrogen (secondary N) is 1. The van der Waals surface area contributed by atoms with E-state index in [1.165, 1.54) is 24.1 Å². The Morgan fingerprint density at radius 3 is 2.67 bits per heavy atom. The largest absolute Gasteiger partial charge is 0.543 e. The maximum absolute atomic E-state index is 13.2. The van der Waals surface area contributed by atoms with Gasteiger partial charge in [-0.1, -0.05) is 10.1 Å². The molecule has 0 saturated carbocycles. The predicted molar refractivity (Wildman–Crippen MR) is 151 cm³/mol. The SMILES string of the molecule is CC(CC(=O)O)O/N=C(\C(=O)NC1C(=O)N2C(C(=O)[O-])=C(CSc3nc(N)c(N)c(N)[n+]3N)CS[C@H]12)c1csc(N)n1. The summed E-state index contributed by atoms with van der Waals surface area (Å²) in [7, 11) is 0. The summed E-state index contributed by atoms with van der Waals surface area (Å²) in [4.78, 5) is 63.6. The Kier molecular flexibility index (Phi) is 8.82. The van der Waals surface area contributed by atoms with Gasteiger partial charge in [-0.2, -0.15) is 0 Å². The zero-order valence-corrected chi connectivity index (χ0v) is 24.1. The molecule has 2 aromatic heterocycles. The highest BCUT2D eigenvalue weighted by molar-refractivity contribution is 8.01. The van der Waals surface area contributed by atoms with Gasteiger partial charge >= 0.3 is 11.1 Å². The van der Waals surface area contributed by atoms with Gasteiger partial charge in [0, 0.05) is 16.9 Å². The first kappa shape index (κ1) is 30.5. The number of fused-ring (bicyclic) bond motifs is 1. The number of thioether (sulfide) groups is 2. The molecule has 0 radical (unpaired) electrons. The van der Waals surface area contributed by atoms with Crippen LogP contribution in [0.15, 0.2) is 27.0 Å². The number of aliphatic carboxylic acids is 2. The second-order valence-corrected chi connectivity index (χ2v) is 11.8. The van der Waals surface area contributed by atoms with Gasteiger partial charge in [0.05, 0.1) is 18.1 Å². The van der Waals surface area contributed by atoms with Crippen molar-refractivity contribution < 1.29 is 38.9 Å². The summed E-state index contributed by atoms with van der Waals surface area (Å²) in [6, 6.07) is -1.12. The molecule has 2 amide bonds. The average Bonchev–Trinajstić information content (AvgIpc) is 3.36. The van der Waals surface area contributed by atoms with Gasteiger partial charge in [-0.15, -0.1) is 27.8 Å². The van der Waals surface area contributed by atoms with E-state index >= 15 is 0 Å². The summed E-state index contributed by atoms with van der Waals surface area (Å²) in [6.07, 6.45) is -1.26. The third kappa shape index (κ3) is 6.06. The predicted octanol–water partition coefficient (Wildman–Crippen LogP) is -3.35. The van der Waals surface area contributed by atoms with E-state index < -0.39 is 41.3 Å². The number of oxime groups is 1. The number of hydrogen-bond acceptors (Lipinski definition) is 17. The van der Waals surface area contributed by atoms with Gasteiger partial charge in [-0.3, -0.25) is 25.1 Å². The van der Waals surface area contributed by atoms with E-state index in [0.29, 0.717) is 5.57 Å². The standard InChI is InChI=1S/C21H25N11O7S3/c1-6(2-9(33)34)39-30-11(8-5-41-20(25)27-8)16(35)28-12-17(36)31-13(19(37)38)7(3-40-18(12)31)4-42-21-29-14(23)10(22)15(24)32(21)26/h5-6,12,18H,2-4,26H2,1H3,(H10,22,23,24,25,27,28,30,33,34,35,37,38)/t6?,12?,18-/m1/s1. The van der Waals surface area contributed by atoms with Crippen LogP contribution in [-0.2, 0) is 24.0 Å². The normalized spacial score (nSPS) is 19.1. The zero-order valence-electron chi connectivity index (χ0n) is 21.7. The fourth-order valence-corrected chi connectivity index (χ4v) is 6.82. The van der Waals surface area contributed by atoms with Crippen LogP contribution in [0.2, 0.25) is 0 Å². The third-order valence-corrected chi connectivity index (χ3v) is 8.95. The van der Waals surface area contributed by atoms with Crippen LogP contribution in [0.3, 0.4) is 0 Å². The summed E-state index contributed by atoms with van der Waals surface area (Å²) in [6.45, 7) is 1.44. The van der Waals surface area contributed by atoms with Crippen molar-refractivity contribution in [3.05, 3.63) is 22.3 Å². The van der Waals surface area contributed by atoms with Crippen molar-refractivity contribution in [3.63, 3.8) is 0 Å². The lowest BCUT2D eigenvalue weighted by Crippen LogP contribution is -2.71. The number of nitrogen functional groups attached to an aromatic ring is 5. The Hall–Kier alpha value is -4.50. The van der Waals surface area contributed by atoms with Crippen LogP contribution in [0.4, 0.5) is 22.5 Å². The molecule has 0 spiro atoms.